The predicted molar refractivity (Wildman–Crippen MR) is 358 cm³/mol. The van der Waals surface area contributed by atoms with E-state index in [1.165, 1.54) is 161 Å². The molecule has 0 aromatic carbocycles. The van der Waals surface area contributed by atoms with Gasteiger partial charge in [-0.05, 0) is 37.5 Å². The maximum atomic E-state index is 13.0. The van der Waals surface area contributed by atoms with Crippen molar-refractivity contribution in [2.45, 2.75) is 374 Å². The number of ether oxygens (including phenoxy) is 4. The summed E-state index contributed by atoms with van der Waals surface area (Å²) in [4.78, 5) is 72.1. The monoisotopic (exact) mass is 1310 g/mol. The van der Waals surface area contributed by atoms with Crippen molar-refractivity contribution in [3.63, 3.8) is 0 Å². The number of carbonyl (C=O) groups is 4. The fourth-order valence-electron chi connectivity index (χ4n) is 10.5. The Balaban J connectivity index is 5.09. The van der Waals surface area contributed by atoms with Crippen LogP contribution in [0.4, 0.5) is 0 Å². The number of unbranched alkanes of at least 4 members (excludes halogenated alkanes) is 37. The van der Waals surface area contributed by atoms with Gasteiger partial charge in [0.05, 0.1) is 26.4 Å². The summed E-state index contributed by atoms with van der Waals surface area (Å²) >= 11 is 0. The minimum absolute atomic E-state index is 0.104. The van der Waals surface area contributed by atoms with E-state index in [1.807, 2.05) is 0 Å². The SMILES string of the molecule is CCCCCCCCCCC(=O)O[C@H](COC(=O)CCCCCCC)COP(=O)(O)OC[C@H](O)COP(=O)(O)OC[C@@H](COC(=O)CCCCCCCCCCCCC(C)CC)OC(=O)CCCCCCCCCCCCCCCCCCCCC(C)CC. The molecule has 0 bridgehead atoms. The van der Waals surface area contributed by atoms with Gasteiger partial charge in [0.15, 0.2) is 12.2 Å². The van der Waals surface area contributed by atoms with E-state index < -0.39 is 97.5 Å². The molecule has 0 amide bonds. The van der Waals surface area contributed by atoms with Crippen LogP contribution in [0.5, 0.6) is 0 Å². The Kier molecular flexibility index (Phi) is 60.8. The highest BCUT2D eigenvalue weighted by molar-refractivity contribution is 7.47. The molecule has 0 heterocycles. The van der Waals surface area contributed by atoms with E-state index in [2.05, 4.69) is 41.5 Å². The fraction of sp³-hybridized carbons (Fsp3) is 0.943. The first kappa shape index (κ1) is 87.1. The topological polar surface area (TPSA) is 237 Å². The van der Waals surface area contributed by atoms with Gasteiger partial charge in [0, 0.05) is 25.7 Å². The number of phosphoric acid groups is 2. The number of phosphoric ester groups is 2. The number of rotatable bonds is 69. The Bertz CT molecular complexity index is 1740. The van der Waals surface area contributed by atoms with E-state index in [4.69, 9.17) is 37.0 Å². The van der Waals surface area contributed by atoms with Crippen LogP contribution in [0.3, 0.4) is 0 Å². The average Bonchev–Trinajstić information content (AvgIpc) is 3.69. The molecule has 0 radical (unpaired) electrons. The van der Waals surface area contributed by atoms with Gasteiger partial charge in [-0.3, -0.25) is 37.3 Å². The van der Waals surface area contributed by atoms with E-state index in [-0.39, 0.29) is 25.7 Å². The number of aliphatic hydroxyl groups excluding tert-OH is 1. The Morgan fingerprint density at radius 3 is 0.798 bits per heavy atom. The molecule has 0 aromatic rings. The van der Waals surface area contributed by atoms with Gasteiger partial charge in [-0.25, -0.2) is 9.13 Å². The second-order valence-electron chi connectivity index (χ2n) is 25.8. The molecule has 89 heavy (non-hydrogen) atoms. The summed E-state index contributed by atoms with van der Waals surface area (Å²) in [6, 6.07) is 0. The lowest BCUT2D eigenvalue weighted by Crippen LogP contribution is -2.30. The van der Waals surface area contributed by atoms with Crippen molar-refractivity contribution in [1.29, 1.82) is 0 Å². The normalized spacial score (nSPS) is 14.8. The first-order valence-corrected chi connectivity index (χ1v) is 39.6. The molecule has 0 aromatic heterocycles. The van der Waals surface area contributed by atoms with Crippen molar-refractivity contribution < 1.29 is 80.2 Å². The zero-order valence-electron chi connectivity index (χ0n) is 57.7. The Morgan fingerprint density at radius 1 is 0.315 bits per heavy atom. The third-order valence-corrected chi connectivity index (χ3v) is 18.8. The highest BCUT2D eigenvalue weighted by Gasteiger charge is 2.30. The van der Waals surface area contributed by atoms with Gasteiger partial charge in [0.2, 0.25) is 0 Å². The summed E-state index contributed by atoms with van der Waals surface area (Å²) in [5.74, 6) is -0.459. The van der Waals surface area contributed by atoms with Crippen LogP contribution in [-0.4, -0.2) is 96.7 Å². The quantitative estimate of drug-likeness (QED) is 0.0222. The van der Waals surface area contributed by atoms with Gasteiger partial charge in [-0.2, -0.15) is 0 Å². The van der Waals surface area contributed by atoms with E-state index in [0.29, 0.717) is 25.7 Å². The lowest BCUT2D eigenvalue weighted by atomic mass is 9.99. The molecule has 7 atom stereocenters. The molecule has 0 rings (SSSR count). The molecule has 19 heteroatoms. The van der Waals surface area contributed by atoms with Crippen LogP contribution in [-0.2, 0) is 65.4 Å². The van der Waals surface area contributed by atoms with E-state index in [1.54, 1.807) is 0 Å². The van der Waals surface area contributed by atoms with Crippen LogP contribution in [0, 0.1) is 11.8 Å². The molecule has 0 fully saturated rings. The molecule has 528 valence electrons. The standard InChI is InChI=1S/C70H136O17P2/c1-7-11-13-15-16-35-42-48-54-69(74)86-65(58-80-67(72)52-46-38-14-12-8-2)60-84-88(76,77)82-56-64(71)57-83-89(78,79)85-61-66(59-81-68(73)53-47-41-36-31-28-27-30-34-40-45-51-63(6)10-4)87-70(75)55-49-43-37-32-26-24-22-20-18-17-19-21-23-25-29-33-39-44-50-62(5)9-3/h62-66,71H,7-61H2,1-6H3,(H,76,77)(H,78,79)/t62?,63?,64-,65+,66+/m0/s1. The van der Waals surface area contributed by atoms with Crippen LogP contribution in [0.2, 0.25) is 0 Å². The molecule has 0 saturated carbocycles. The minimum Gasteiger partial charge on any atom is -0.462 e. The Hall–Kier alpha value is -1.94. The molecule has 0 aliphatic carbocycles. The summed E-state index contributed by atoms with van der Waals surface area (Å²) in [7, 11) is -9.88. The van der Waals surface area contributed by atoms with Crippen molar-refractivity contribution in [3.8, 4) is 0 Å². The van der Waals surface area contributed by atoms with Crippen molar-refractivity contribution in [1.82, 2.24) is 0 Å². The molecule has 0 spiro atoms. The summed E-state index contributed by atoms with van der Waals surface area (Å²) in [5, 5.41) is 10.5. The lowest BCUT2D eigenvalue weighted by molar-refractivity contribution is -0.161. The lowest BCUT2D eigenvalue weighted by Gasteiger charge is -2.21. The molecule has 0 saturated heterocycles. The third-order valence-electron chi connectivity index (χ3n) is 16.9. The second kappa shape index (κ2) is 62.2. The van der Waals surface area contributed by atoms with Gasteiger partial charge in [0.1, 0.15) is 19.3 Å². The molecular weight excluding hydrogens is 1170 g/mol. The van der Waals surface area contributed by atoms with Crippen molar-refractivity contribution >= 4 is 39.5 Å². The zero-order valence-corrected chi connectivity index (χ0v) is 59.5. The highest BCUT2D eigenvalue weighted by Crippen LogP contribution is 2.45. The van der Waals surface area contributed by atoms with Crippen molar-refractivity contribution in [3.05, 3.63) is 0 Å². The van der Waals surface area contributed by atoms with Gasteiger partial charge >= 0.3 is 39.5 Å². The van der Waals surface area contributed by atoms with Gasteiger partial charge in [-0.15, -0.1) is 0 Å². The molecule has 0 aliphatic heterocycles. The van der Waals surface area contributed by atoms with Gasteiger partial charge in [-0.1, -0.05) is 305 Å². The fourth-order valence-corrected chi connectivity index (χ4v) is 12.1. The number of esters is 4. The van der Waals surface area contributed by atoms with Crippen molar-refractivity contribution in [2.24, 2.45) is 11.8 Å². The molecule has 17 nitrogen and oxygen atoms in total. The summed E-state index contributed by atoms with van der Waals surface area (Å²) in [5.41, 5.74) is 0. The molecular formula is C70H136O17P2. The highest BCUT2D eigenvalue weighted by atomic mass is 31.2. The third kappa shape index (κ3) is 62.0. The minimum atomic E-state index is -4.95. The summed E-state index contributed by atoms with van der Waals surface area (Å²) in [6.45, 7) is 9.52. The number of hydrogen-bond donors (Lipinski definition) is 3. The number of hydrogen-bond acceptors (Lipinski definition) is 15. The van der Waals surface area contributed by atoms with E-state index in [9.17, 15) is 43.2 Å². The van der Waals surface area contributed by atoms with Crippen LogP contribution < -0.4 is 0 Å². The van der Waals surface area contributed by atoms with Gasteiger partial charge < -0.3 is 33.8 Å². The Labute approximate surface area is 543 Å². The van der Waals surface area contributed by atoms with Crippen LogP contribution in [0.25, 0.3) is 0 Å². The van der Waals surface area contributed by atoms with Crippen LogP contribution in [0.15, 0.2) is 0 Å². The maximum absolute atomic E-state index is 13.0. The number of aliphatic hydroxyl groups is 1. The summed E-state index contributed by atoms with van der Waals surface area (Å²) < 4.78 is 67.9. The molecule has 0 aliphatic rings. The van der Waals surface area contributed by atoms with Crippen LogP contribution >= 0.6 is 15.6 Å². The second-order valence-corrected chi connectivity index (χ2v) is 28.7. The predicted octanol–water partition coefficient (Wildman–Crippen LogP) is 20.0. The first-order chi connectivity index (χ1) is 42.9. The average molecular weight is 1310 g/mol. The first-order valence-electron chi connectivity index (χ1n) is 36.6. The Morgan fingerprint density at radius 2 is 0.539 bits per heavy atom. The largest absolute Gasteiger partial charge is 0.472 e. The van der Waals surface area contributed by atoms with Crippen molar-refractivity contribution in [2.75, 3.05) is 39.6 Å². The molecule has 4 unspecified atom stereocenters. The summed E-state index contributed by atoms with van der Waals surface area (Å²) in [6.07, 6.45) is 47.7. The maximum Gasteiger partial charge on any atom is 0.472 e. The zero-order chi connectivity index (χ0) is 65.7. The smallest absolute Gasteiger partial charge is 0.462 e. The van der Waals surface area contributed by atoms with Gasteiger partial charge in [0.25, 0.3) is 0 Å². The van der Waals surface area contributed by atoms with Crippen LogP contribution in [0.1, 0.15) is 356 Å². The van der Waals surface area contributed by atoms with E-state index in [0.717, 1.165) is 115 Å². The number of carbonyl (C=O) groups excluding carboxylic acids is 4. The van der Waals surface area contributed by atoms with E-state index >= 15 is 0 Å². The molecule has 3 N–H and O–H groups in total.